The molecule has 0 saturated carbocycles. The van der Waals surface area contributed by atoms with Gasteiger partial charge in [0.15, 0.2) is 6.61 Å². The van der Waals surface area contributed by atoms with Gasteiger partial charge in [0.1, 0.15) is 5.75 Å². The van der Waals surface area contributed by atoms with Crippen LogP contribution >= 0.6 is 11.6 Å². The minimum absolute atomic E-state index is 0.0205. The van der Waals surface area contributed by atoms with Crippen LogP contribution in [0, 0.1) is 6.92 Å². The number of aryl methyl sites for hydroxylation is 1. The summed E-state index contributed by atoms with van der Waals surface area (Å²) in [7, 11) is 0. The molecule has 2 aromatic rings. The largest absolute Gasteiger partial charge is 0.484 e. The molecular weight excluding hydrogens is 352 g/mol. The second-order valence-electron chi connectivity index (χ2n) is 6.23. The second-order valence-corrected chi connectivity index (χ2v) is 6.67. The molecule has 1 aliphatic rings. The van der Waals surface area contributed by atoms with Gasteiger partial charge in [0.05, 0.1) is 0 Å². The molecule has 0 N–H and O–H groups in total. The summed E-state index contributed by atoms with van der Waals surface area (Å²) in [5, 5.41) is 0.623. The zero-order chi connectivity index (χ0) is 18.5. The topological polar surface area (TPSA) is 49.9 Å². The van der Waals surface area contributed by atoms with Crippen LogP contribution in [-0.2, 0) is 4.79 Å². The Bertz CT molecular complexity index is 784. The Kier molecular flexibility index (Phi) is 5.78. The van der Waals surface area contributed by atoms with E-state index in [1.54, 1.807) is 34.1 Å². The number of rotatable bonds is 4. The number of halogens is 1. The summed E-state index contributed by atoms with van der Waals surface area (Å²) in [5.74, 6) is 0.548. The summed E-state index contributed by atoms with van der Waals surface area (Å²) < 4.78 is 5.50. The zero-order valence-corrected chi connectivity index (χ0v) is 15.4. The number of carbonyl (C=O) groups excluding carboxylic acids is 2. The van der Waals surface area contributed by atoms with Crippen LogP contribution < -0.4 is 4.74 Å². The van der Waals surface area contributed by atoms with Gasteiger partial charge in [-0.25, -0.2) is 0 Å². The van der Waals surface area contributed by atoms with Gasteiger partial charge in [0.25, 0.3) is 11.8 Å². The summed E-state index contributed by atoms with van der Waals surface area (Å²) in [6, 6.07) is 14.5. The molecule has 0 spiro atoms. The molecule has 0 bridgehead atoms. The fourth-order valence-electron chi connectivity index (χ4n) is 2.91. The number of nitrogens with zero attached hydrogens (tertiary/aromatic N) is 2. The monoisotopic (exact) mass is 372 g/mol. The third kappa shape index (κ3) is 4.35. The van der Waals surface area contributed by atoms with Gasteiger partial charge >= 0.3 is 0 Å². The van der Waals surface area contributed by atoms with Gasteiger partial charge in [-0.3, -0.25) is 9.59 Å². The summed E-state index contributed by atoms with van der Waals surface area (Å²) in [6.45, 7) is 4.00. The van der Waals surface area contributed by atoms with Gasteiger partial charge in [-0.2, -0.15) is 0 Å². The van der Waals surface area contributed by atoms with Gasteiger partial charge in [-0.05, 0) is 42.8 Å². The smallest absolute Gasteiger partial charge is 0.260 e. The van der Waals surface area contributed by atoms with Crippen molar-refractivity contribution in [3.63, 3.8) is 0 Å². The summed E-state index contributed by atoms with van der Waals surface area (Å²) in [4.78, 5) is 28.5. The second kappa shape index (κ2) is 8.23. The highest BCUT2D eigenvalue weighted by molar-refractivity contribution is 6.30. The molecule has 0 atom stereocenters. The first kappa shape index (κ1) is 18.3. The SMILES string of the molecule is Cc1ccccc1C(=O)N1CCN(C(=O)COc2ccc(Cl)cc2)CC1. The van der Waals surface area contributed by atoms with Crippen molar-refractivity contribution >= 4 is 23.4 Å². The molecule has 2 amide bonds. The van der Waals surface area contributed by atoms with Crippen molar-refractivity contribution < 1.29 is 14.3 Å². The third-order valence-corrected chi connectivity index (χ3v) is 4.72. The number of amides is 2. The number of carbonyl (C=O) groups is 2. The quantitative estimate of drug-likeness (QED) is 0.829. The van der Waals surface area contributed by atoms with Crippen LogP contribution in [0.5, 0.6) is 5.75 Å². The molecule has 26 heavy (non-hydrogen) atoms. The average Bonchev–Trinajstić information content (AvgIpc) is 2.67. The lowest BCUT2D eigenvalue weighted by Gasteiger charge is -2.35. The van der Waals surface area contributed by atoms with Crippen LogP contribution in [0.2, 0.25) is 5.02 Å². The van der Waals surface area contributed by atoms with E-state index in [0.717, 1.165) is 11.1 Å². The van der Waals surface area contributed by atoms with Gasteiger partial charge in [0, 0.05) is 36.8 Å². The van der Waals surface area contributed by atoms with Crippen LogP contribution in [0.15, 0.2) is 48.5 Å². The van der Waals surface area contributed by atoms with E-state index in [1.165, 1.54) is 0 Å². The van der Waals surface area contributed by atoms with Crippen LogP contribution in [0.1, 0.15) is 15.9 Å². The van der Waals surface area contributed by atoms with Crippen LogP contribution in [-0.4, -0.2) is 54.4 Å². The summed E-state index contributed by atoms with van der Waals surface area (Å²) in [6.07, 6.45) is 0. The molecule has 0 radical (unpaired) electrons. The highest BCUT2D eigenvalue weighted by Crippen LogP contribution is 2.16. The number of ether oxygens (including phenoxy) is 1. The van der Waals surface area contributed by atoms with Gasteiger partial charge in [-0.15, -0.1) is 0 Å². The molecule has 0 unspecified atom stereocenters. The fraction of sp³-hybridized carbons (Fsp3) is 0.300. The molecule has 0 aromatic heterocycles. The Morgan fingerprint density at radius 3 is 2.23 bits per heavy atom. The lowest BCUT2D eigenvalue weighted by atomic mass is 10.1. The zero-order valence-electron chi connectivity index (χ0n) is 14.7. The van der Waals surface area contributed by atoms with Gasteiger partial charge in [-0.1, -0.05) is 29.8 Å². The van der Waals surface area contributed by atoms with Crippen molar-refractivity contribution in [1.29, 1.82) is 0 Å². The lowest BCUT2D eigenvalue weighted by molar-refractivity contribution is -0.134. The summed E-state index contributed by atoms with van der Waals surface area (Å²) in [5.41, 5.74) is 1.69. The molecule has 5 nitrogen and oxygen atoms in total. The normalized spacial score (nSPS) is 14.2. The molecule has 1 saturated heterocycles. The molecule has 0 aliphatic carbocycles. The molecule has 2 aromatic carbocycles. The van der Waals surface area contributed by atoms with Crippen LogP contribution in [0.4, 0.5) is 0 Å². The van der Waals surface area contributed by atoms with Crippen molar-refractivity contribution in [3.8, 4) is 5.75 Å². The first-order chi connectivity index (χ1) is 12.5. The maximum atomic E-state index is 12.6. The minimum atomic E-state index is -0.0806. The van der Waals surface area contributed by atoms with E-state index in [-0.39, 0.29) is 18.4 Å². The maximum absolute atomic E-state index is 12.6. The van der Waals surface area contributed by atoms with Crippen molar-refractivity contribution in [2.75, 3.05) is 32.8 Å². The van der Waals surface area contributed by atoms with Gasteiger partial charge in [0.2, 0.25) is 0 Å². The predicted molar refractivity (Wildman–Crippen MR) is 101 cm³/mol. The Morgan fingerprint density at radius 2 is 1.58 bits per heavy atom. The van der Waals surface area contributed by atoms with E-state index in [1.807, 2.05) is 31.2 Å². The third-order valence-electron chi connectivity index (χ3n) is 4.47. The van der Waals surface area contributed by atoms with Crippen LogP contribution in [0.3, 0.4) is 0 Å². The van der Waals surface area contributed by atoms with E-state index in [0.29, 0.717) is 37.0 Å². The van der Waals surface area contributed by atoms with E-state index in [2.05, 4.69) is 0 Å². The van der Waals surface area contributed by atoms with Crippen LogP contribution in [0.25, 0.3) is 0 Å². The Hall–Kier alpha value is -2.53. The van der Waals surface area contributed by atoms with E-state index in [9.17, 15) is 9.59 Å². The van der Waals surface area contributed by atoms with Gasteiger partial charge < -0.3 is 14.5 Å². The average molecular weight is 373 g/mol. The molecule has 136 valence electrons. The lowest BCUT2D eigenvalue weighted by Crippen LogP contribution is -2.51. The fourth-order valence-corrected chi connectivity index (χ4v) is 3.04. The molecule has 1 fully saturated rings. The van der Waals surface area contributed by atoms with Crippen molar-refractivity contribution in [2.45, 2.75) is 6.92 Å². The van der Waals surface area contributed by atoms with Crippen molar-refractivity contribution in [3.05, 3.63) is 64.7 Å². The number of benzene rings is 2. The highest BCUT2D eigenvalue weighted by Gasteiger charge is 2.25. The Morgan fingerprint density at radius 1 is 0.962 bits per heavy atom. The van der Waals surface area contributed by atoms with Crippen molar-refractivity contribution in [2.24, 2.45) is 0 Å². The van der Waals surface area contributed by atoms with Crippen molar-refractivity contribution in [1.82, 2.24) is 9.80 Å². The van der Waals surface area contributed by atoms with E-state index >= 15 is 0 Å². The van der Waals surface area contributed by atoms with E-state index in [4.69, 9.17) is 16.3 Å². The molecule has 6 heteroatoms. The number of piperazine rings is 1. The first-order valence-corrected chi connectivity index (χ1v) is 8.93. The summed E-state index contributed by atoms with van der Waals surface area (Å²) >= 11 is 5.83. The number of hydrogen-bond donors (Lipinski definition) is 0. The molecule has 3 rings (SSSR count). The maximum Gasteiger partial charge on any atom is 0.260 e. The Labute approximate surface area is 158 Å². The standard InChI is InChI=1S/C20H21ClN2O3/c1-15-4-2-3-5-18(15)20(25)23-12-10-22(11-13-23)19(24)14-26-17-8-6-16(21)7-9-17/h2-9H,10-14H2,1H3. The Balaban J connectivity index is 1.50. The van der Waals surface area contributed by atoms with E-state index < -0.39 is 0 Å². The highest BCUT2D eigenvalue weighted by atomic mass is 35.5. The minimum Gasteiger partial charge on any atom is -0.484 e. The molecule has 1 aliphatic heterocycles. The first-order valence-electron chi connectivity index (χ1n) is 8.55. The number of hydrogen-bond acceptors (Lipinski definition) is 3. The molecule has 1 heterocycles. The predicted octanol–water partition coefficient (Wildman–Crippen LogP) is 3.01. The molecular formula is C20H21ClN2O3.